The van der Waals surface area contributed by atoms with Crippen molar-refractivity contribution in [2.24, 2.45) is 5.92 Å². The van der Waals surface area contributed by atoms with E-state index in [-0.39, 0.29) is 0 Å². The van der Waals surface area contributed by atoms with Crippen molar-refractivity contribution in [3.63, 3.8) is 0 Å². The number of anilines is 1. The predicted molar refractivity (Wildman–Crippen MR) is 74.6 cm³/mol. The third-order valence-corrected chi connectivity index (χ3v) is 4.22. The molecule has 6 heteroatoms. The van der Waals surface area contributed by atoms with Gasteiger partial charge in [-0.2, -0.15) is 5.10 Å². The van der Waals surface area contributed by atoms with Crippen molar-refractivity contribution in [3.05, 3.63) is 24.7 Å². The van der Waals surface area contributed by atoms with Gasteiger partial charge in [-0.15, -0.1) is 0 Å². The number of hydrogen-bond donors (Lipinski definition) is 2. The molecule has 0 bridgehead atoms. The Kier molecular flexibility index (Phi) is 3.08. The van der Waals surface area contributed by atoms with Crippen molar-refractivity contribution in [3.8, 4) is 0 Å². The summed E-state index contributed by atoms with van der Waals surface area (Å²) in [5.41, 5.74) is -0.113. The number of carbonyl (C=O) groups is 1. The molecule has 2 heterocycles. The molecule has 1 fully saturated rings. The zero-order chi connectivity index (χ0) is 14.2. The first-order chi connectivity index (χ1) is 9.61. The summed E-state index contributed by atoms with van der Waals surface area (Å²) in [6.07, 6.45) is 8.14. The quantitative estimate of drug-likeness (QED) is 0.896. The summed E-state index contributed by atoms with van der Waals surface area (Å²) in [7, 11) is 0. The Morgan fingerprint density at radius 2 is 2.20 bits per heavy atom. The van der Waals surface area contributed by atoms with Crippen molar-refractivity contribution >= 4 is 17.3 Å². The minimum atomic E-state index is -0.911. The van der Waals surface area contributed by atoms with Crippen molar-refractivity contribution in [1.29, 1.82) is 0 Å². The van der Waals surface area contributed by atoms with Crippen LogP contribution < -0.4 is 5.32 Å². The van der Waals surface area contributed by atoms with E-state index < -0.39 is 11.5 Å². The monoisotopic (exact) mass is 274 g/mol. The lowest BCUT2D eigenvalue weighted by Crippen LogP contribution is -2.49. The van der Waals surface area contributed by atoms with Gasteiger partial charge >= 0.3 is 5.97 Å². The van der Waals surface area contributed by atoms with Gasteiger partial charge in [0.25, 0.3) is 0 Å². The highest BCUT2D eigenvalue weighted by atomic mass is 16.4. The summed E-state index contributed by atoms with van der Waals surface area (Å²) in [5, 5.41) is 17.0. The second-order valence-electron chi connectivity index (χ2n) is 5.63. The maximum Gasteiger partial charge on any atom is 0.329 e. The van der Waals surface area contributed by atoms with Gasteiger partial charge < -0.3 is 10.4 Å². The highest BCUT2D eigenvalue weighted by Crippen LogP contribution is 2.35. The van der Waals surface area contributed by atoms with Crippen LogP contribution in [0.4, 0.5) is 5.82 Å². The normalized spacial score (nSPS) is 26.6. The van der Waals surface area contributed by atoms with Crippen LogP contribution in [0.15, 0.2) is 24.7 Å². The van der Waals surface area contributed by atoms with Crippen LogP contribution in [0.3, 0.4) is 0 Å². The van der Waals surface area contributed by atoms with Gasteiger partial charge in [0.1, 0.15) is 11.1 Å². The largest absolute Gasteiger partial charge is 0.480 e. The van der Waals surface area contributed by atoms with Gasteiger partial charge in [-0.3, -0.25) is 0 Å². The molecule has 0 saturated heterocycles. The molecule has 6 nitrogen and oxygen atoms in total. The number of aliphatic carboxylic acids is 1. The molecule has 2 N–H and O–H groups in total. The minimum Gasteiger partial charge on any atom is -0.480 e. The van der Waals surface area contributed by atoms with Crippen molar-refractivity contribution in [1.82, 2.24) is 14.6 Å². The third kappa shape index (κ3) is 2.11. The Labute approximate surface area is 116 Å². The van der Waals surface area contributed by atoms with Gasteiger partial charge in [-0.05, 0) is 37.7 Å². The molecule has 2 aromatic heterocycles. The molecular weight excluding hydrogens is 256 g/mol. The Balaban J connectivity index is 1.94. The number of aromatic nitrogens is 3. The van der Waals surface area contributed by atoms with Gasteiger partial charge in [0, 0.05) is 12.4 Å². The Morgan fingerprint density at radius 1 is 1.45 bits per heavy atom. The molecule has 0 amide bonds. The molecule has 106 valence electrons. The first kappa shape index (κ1) is 12.9. The highest BCUT2D eigenvalue weighted by Gasteiger charge is 2.41. The number of nitrogens with zero attached hydrogens (tertiary/aromatic N) is 3. The summed E-state index contributed by atoms with van der Waals surface area (Å²) in [6.45, 7) is 2.17. The Bertz CT molecular complexity index is 629. The molecule has 0 spiro atoms. The van der Waals surface area contributed by atoms with Crippen LogP contribution >= 0.6 is 0 Å². The fourth-order valence-electron chi connectivity index (χ4n) is 2.83. The van der Waals surface area contributed by atoms with Crippen molar-refractivity contribution < 1.29 is 9.90 Å². The molecule has 20 heavy (non-hydrogen) atoms. The average Bonchev–Trinajstić information content (AvgIpc) is 2.91. The van der Waals surface area contributed by atoms with Crippen LogP contribution in [0.2, 0.25) is 0 Å². The summed E-state index contributed by atoms with van der Waals surface area (Å²) >= 11 is 0. The van der Waals surface area contributed by atoms with E-state index in [1.165, 1.54) is 0 Å². The predicted octanol–water partition coefficient (Wildman–Crippen LogP) is 2.17. The zero-order valence-electron chi connectivity index (χ0n) is 11.4. The molecule has 0 radical (unpaired) electrons. The summed E-state index contributed by atoms with van der Waals surface area (Å²) < 4.78 is 1.69. The lowest BCUT2D eigenvalue weighted by Gasteiger charge is -2.36. The zero-order valence-corrected chi connectivity index (χ0v) is 11.4. The Hall–Kier alpha value is -2.11. The number of fused-ring (bicyclic) bond motifs is 1. The number of hydrogen-bond acceptors (Lipinski definition) is 4. The number of rotatable bonds is 3. The van der Waals surface area contributed by atoms with Crippen LogP contribution in [0.1, 0.15) is 32.6 Å². The molecule has 1 saturated carbocycles. The van der Waals surface area contributed by atoms with Crippen LogP contribution in [0, 0.1) is 5.92 Å². The second-order valence-corrected chi connectivity index (χ2v) is 5.63. The first-order valence-electron chi connectivity index (χ1n) is 6.91. The van der Waals surface area contributed by atoms with E-state index in [2.05, 4.69) is 22.3 Å². The van der Waals surface area contributed by atoms with E-state index >= 15 is 0 Å². The molecule has 0 atom stereocenters. The number of nitrogens with one attached hydrogen (secondary N) is 1. The molecule has 2 aromatic rings. The van der Waals surface area contributed by atoms with Crippen LogP contribution in [-0.4, -0.2) is 31.2 Å². The number of carboxylic acid groups (broad SMARTS) is 1. The van der Waals surface area contributed by atoms with Crippen LogP contribution in [0.25, 0.3) is 5.52 Å². The van der Waals surface area contributed by atoms with Gasteiger partial charge in [0.05, 0.1) is 6.20 Å². The molecule has 1 aliphatic carbocycles. The van der Waals surface area contributed by atoms with Crippen LogP contribution in [0.5, 0.6) is 0 Å². The summed E-state index contributed by atoms with van der Waals surface area (Å²) in [5.74, 6) is 0.373. The lowest BCUT2D eigenvalue weighted by molar-refractivity contribution is -0.143. The van der Waals surface area contributed by atoms with E-state index in [1.807, 2.05) is 6.07 Å². The average molecular weight is 274 g/mol. The van der Waals surface area contributed by atoms with E-state index in [1.54, 1.807) is 23.1 Å². The molecule has 1 aliphatic rings. The molecular formula is C14H18N4O2. The standard InChI is InChI=1S/C14H18N4O2/c1-10-2-5-14(6-3-10,13(19)20)17-12-11-4-7-16-18(11)9-8-15-12/h4,7-10H,2-3,5-6H2,1H3,(H,15,17)(H,19,20). The van der Waals surface area contributed by atoms with Crippen molar-refractivity contribution in [2.75, 3.05) is 5.32 Å². The molecule has 0 aliphatic heterocycles. The van der Waals surface area contributed by atoms with Gasteiger partial charge in [0.2, 0.25) is 0 Å². The van der Waals surface area contributed by atoms with Crippen molar-refractivity contribution in [2.45, 2.75) is 38.1 Å². The molecule has 0 aromatic carbocycles. The first-order valence-corrected chi connectivity index (χ1v) is 6.91. The highest BCUT2D eigenvalue weighted by molar-refractivity contribution is 5.84. The number of carboxylic acids is 1. The smallest absolute Gasteiger partial charge is 0.329 e. The SMILES string of the molecule is CC1CCC(Nc2nccn3nccc23)(C(=O)O)CC1. The fraction of sp³-hybridized carbons (Fsp3) is 0.500. The van der Waals surface area contributed by atoms with Gasteiger partial charge in [-0.25, -0.2) is 14.3 Å². The summed E-state index contributed by atoms with van der Waals surface area (Å²) in [6, 6.07) is 1.83. The van der Waals surface area contributed by atoms with E-state index in [0.717, 1.165) is 18.4 Å². The second kappa shape index (κ2) is 4.77. The topological polar surface area (TPSA) is 79.5 Å². The molecule has 3 rings (SSSR count). The third-order valence-electron chi connectivity index (χ3n) is 4.22. The maximum atomic E-state index is 11.7. The Morgan fingerprint density at radius 3 is 2.90 bits per heavy atom. The summed E-state index contributed by atoms with van der Waals surface area (Å²) in [4.78, 5) is 16.0. The fourth-order valence-corrected chi connectivity index (χ4v) is 2.83. The van der Waals surface area contributed by atoms with Gasteiger partial charge in [-0.1, -0.05) is 6.92 Å². The molecule has 0 unspecified atom stereocenters. The lowest BCUT2D eigenvalue weighted by atomic mass is 9.77. The van der Waals surface area contributed by atoms with E-state index in [4.69, 9.17) is 0 Å². The van der Waals surface area contributed by atoms with Crippen LogP contribution in [-0.2, 0) is 4.79 Å². The minimum absolute atomic E-state index is 0.585. The van der Waals surface area contributed by atoms with E-state index in [0.29, 0.717) is 24.6 Å². The van der Waals surface area contributed by atoms with E-state index in [9.17, 15) is 9.90 Å². The maximum absolute atomic E-state index is 11.7. The van der Waals surface area contributed by atoms with Gasteiger partial charge in [0.15, 0.2) is 5.82 Å².